The highest BCUT2D eigenvalue weighted by atomic mass is 16.6. The Hall–Kier alpha value is -1.46. The maximum atomic E-state index is 11.6. The standard InChI is InChI=1S/C12H24N4O2/c1-12(2,3)18-11(17)16-9-6-4-8(5-7-9)15-10(13)14/h8-9H,4-7H2,1-3H3,(H,16,17)(H4,13,14,15). The van der Waals surface area contributed by atoms with E-state index in [1.54, 1.807) is 0 Å². The zero-order valence-electron chi connectivity index (χ0n) is 11.4. The molecule has 1 fully saturated rings. The highest BCUT2D eigenvalue weighted by Gasteiger charge is 2.24. The fourth-order valence-electron chi connectivity index (χ4n) is 2.03. The van der Waals surface area contributed by atoms with E-state index in [2.05, 4.69) is 10.3 Å². The van der Waals surface area contributed by atoms with Crippen molar-refractivity contribution in [2.45, 2.75) is 64.1 Å². The first-order chi connectivity index (χ1) is 8.26. The summed E-state index contributed by atoms with van der Waals surface area (Å²) in [7, 11) is 0. The van der Waals surface area contributed by atoms with E-state index in [0.717, 1.165) is 25.7 Å². The minimum absolute atomic E-state index is 0.138. The van der Waals surface area contributed by atoms with Crippen molar-refractivity contribution in [3.05, 3.63) is 0 Å². The molecule has 0 spiro atoms. The van der Waals surface area contributed by atoms with Crippen molar-refractivity contribution in [1.82, 2.24) is 5.32 Å². The largest absolute Gasteiger partial charge is 0.444 e. The molecule has 0 aromatic heterocycles. The van der Waals surface area contributed by atoms with E-state index in [9.17, 15) is 4.79 Å². The van der Waals surface area contributed by atoms with Gasteiger partial charge in [-0.05, 0) is 46.5 Å². The SMILES string of the molecule is CC(C)(C)OC(=O)NC1CCC(N=C(N)N)CC1. The van der Waals surface area contributed by atoms with Crippen molar-refractivity contribution in [3.8, 4) is 0 Å². The van der Waals surface area contributed by atoms with E-state index in [1.807, 2.05) is 20.8 Å². The Balaban J connectivity index is 2.31. The van der Waals surface area contributed by atoms with Crippen LogP contribution in [0.5, 0.6) is 0 Å². The predicted octanol–water partition coefficient (Wildman–Crippen LogP) is 1.10. The minimum Gasteiger partial charge on any atom is -0.444 e. The molecule has 0 unspecified atom stereocenters. The summed E-state index contributed by atoms with van der Waals surface area (Å²) in [6, 6.07) is 0.344. The lowest BCUT2D eigenvalue weighted by atomic mass is 9.92. The van der Waals surface area contributed by atoms with E-state index >= 15 is 0 Å². The molecule has 104 valence electrons. The summed E-state index contributed by atoms with van der Waals surface area (Å²) in [6.45, 7) is 5.55. The number of alkyl carbamates (subject to hydrolysis) is 1. The molecule has 0 bridgehead atoms. The maximum Gasteiger partial charge on any atom is 0.407 e. The van der Waals surface area contributed by atoms with Gasteiger partial charge in [-0.15, -0.1) is 0 Å². The number of ether oxygens (including phenoxy) is 1. The van der Waals surface area contributed by atoms with Crippen LogP contribution in [-0.4, -0.2) is 29.7 Å². The Morgan fingerprint density at radius 3 is 2.22 bits per heavy atom. The monoisotopic (exact) mass is 256 g/mol. The van der Waals surface area contributed by atoms with E-state index in [4.69, 9.17) is 16.2 Å². The second-order valence-corrected chi connectivity index (χ2v) is 5.71. The summed E-state index contributed by atoms with van der Waals surface area (Å²) < 4.78 is 5.21. The lowest BCUT2D eigenvalue weighted by Crippen LogP contribution is -2.41. The van der Waals surface area contributed by atoms with Gasteiger partial charge in [0.2, 0.25) is 0 Å². The molecule has 0 atom stereocenters. The van der Waals surface area contributed by atoms with Crippen molar-refractivity contribution in [1.29, 1.82) is 0 Å². The second kappa shape index (κ2) is 5.93. The minimum atomic E-state index is -0.459. The van der Waals surface area contributed by atoms with Gasteiger partial charge in [-0.25, -0.2) is 4.79 Å². The average Bonchev–Trinajstić information content (AvgIpc) is 2.17. The topological polar surface area (TPSA) is 103 Å². The molecule has 1 amide bonds. The first kappa shape index (κ1) is 14.6. The van der Waals surface area contributed by atoms with Crippen LogP contribution in [0.4, 0.5) is 4.79 Å². The molecule has 18 heavy (non-hydrogen) atoms. The molecule has 0 aliphatic heterocycles. The van der Waals surface area contributed by atoms with Crippen molar-refractivity contribution in [2.75, 3.05) is 0 Å². The van der Waals surface area contributed by atoms with Gasteiger partial charge < -0.3 is 21.5 Å². The molecule has 0 radical (unpaired) electrons. The normalized spacial score (nSPS) is 24.2. The van der Waals surface area contributed by atoms with Crippen LogP contribution >= 0.6 is 0 Å². The highest BCUT2D eigenvalue weighted by molar-refractivity contribution is 5.75. The summed E-state index contributed by atoms with van der Waals surface area (Å²) in [5.74, 6) is 0.138. The van der Waals surface area contributed by atoms with Crippen molar-refractivity contribution in [2.24, 2.45) is 16.5 Å². The number of guanidine groups is 1. The molecular formula is C12H24N4O2. The van der Waals surface area contributed by atoms with Crippen molar-refractivity contribution in [3.63, 3.8) is 0 Å². The van der Waals surface area contributed by atoms with Gasteiger partial charge in [0.25, 0.3) is 0 Å². The van der Waals surface area contributed by atoms with Crippen molar-refractivity contribution < 1.29 is 9.53 Å². The van der Waals surface area contributed by atoms with E-state index in [0.29, 0.717) is 0 Å². The molecule has 6 heteroatoms. The number of nitrogens with one attached hydrogen (secondary N) is 1. The molecule has 6 nitrogen and oxygen atoms in total. The molecule has 1 aliphatic rings. The molecular weight excluding hydrogens is 232 g/mol. The number of amides is 1. The molecule has 0 saturated heterocycles. The molecule has 1 rings (SSSR count). The third-order valence-electron chi connectivity index (χ3n) is 2.75. The molecule has 0 aromatic carbocycles. The molecule has 0 heterocycles. The molecule has 0 aromatic rings. The smallest absolute Gasteiger partial charge is 0.407 e. The Morgan fingerprint density at radius 1 is 1.22 bits per heavy atom. The fourth-order valence-corrected chi connectivity index (χ4v) is 2.03. The van der Waals surface area contributed by atoms with Gasteiger partial charge in [-0.3, -0.25) is 4.99 Å². The number of aliphatic imine (C=N–C) groups is 1. The zero-order valence-corrected chi connectivity index (χ0v) is 11.4. The first-order valence-corrected chi connectivity index (χ1v) is 6.34. The quantitative estimate of drug-likeness (QED) is 0.508. The Kier molecular flexibility index (Phi) is 4.81. The number of rotatable bonds is 2. The summed E-state index contributed by atoms with van der Waals surface area (Å²) in [4.78, 5) is 15.7. The van der Waals surface area contributed by atoms with Crippen LogP contribution in [0.2, 0.25) is 0 Å². The van der Waals surface area contributed by atoms with Crippen LogP contribution in [0.15, 0.2) is 4.99 Å². The third kappa shape index (κ3) is 5.75. The van der Waals surface area contributed by atoms with Crippen LogP contribution in [0, 0.1) is 0 Å². The Morgan fingerprint density at radius 2 is 1.78 bits per heavy atom. The first-order valence-electron chi connectivity index (χ1n) is 6.34. The van der Waals surface area contributed by atoms with Gasteiger partial charge >= 0.3 is 6.09 Å². The summed E-state index contributed by atoms with van der Waals surface area (Å²) in [6.07, 6.45) is 3.17. The third-order valence-corrected chi connectivity index (χ3v) is 2.75. The summed E-state index contributed by atoms with van der Waals surface area (Å²) >= 11 is 0. The summed E-state index contributed by atoms with van der Waals surface area (Å²) in [5, 5.41) is 2.88. The number of carbonyl (C=O) groups excluding carboxylic acids is 1. The van der Waals surface area contributed by atoms with Gasteiger partial charge in [-0.2, -0.15) is 0 Å². The predicted molar refractivity (Wildman–Crippen MR) is 71.2 cm³/mol. The maximum absolute atomic E-state index is 11.6. The van der Waals surface area contributed by atoms with Gasteiger partial charge in [0.15, 0.2) is 5.96 Å². The van der Waals surface area contributed by atoms with Crippen LogP contribution < -0.4 is 16.8 Å². The fraction of sp³-hybridized carbons (Fsp3) is 0.833. The van der Waals surface area contributed by atoms with Crippen molar-refractivity contribution >= 4 is 12.1 Å². The van der Waals surface area contributed by atoms with Crippen LogP contribution in [0.3, 0.4) is 0 Å². The highest BCUT2D eigenvalue weighted by Crippen LogP contribution is 2.21. The summed E-state index contributed by atoms with van der Waals surface area (Å²) in [5.41, 5.74) is 10.2. The van der Waals surface area contributed by atoms with Gasteiger partial charge in [0.05, 0.1) is 6.04 Å². The number of nitrogens with two attached hydrogens (primary N) is 2. The molecule has 1 saturated carbocycles. The van der Waals surface area contributed by atoms with Gasteiger partial charge in [-0.1, -0.05) is 0 Å². The lowest BCUT2D eigenvalue weighted by Gasteiger charge is -2.28. The van der Waals surface area contributed by atoms with E-state index in [1.165, 1.54) is 0 Å². The van der Waals surface area contributed by atoms with E-state index < -0.39 is 5.60 Å². The molecule has 5 N–H and O–H groups in total. The van der Waals surface area contributed by atoms with E-state index in [-0.39, 0.29) is 24.1 Å². The zero-order chi connectivity index (χ0) is 13.8. The Bertz CT molecular complexity index is 311. The number of hydrogen-bond acceptors (Lipinski definition) is 3. The lowest BCUT2D eigenvalue weighted by molar-refractivity contribution is 0.0491. The molecule has 1 aliphatic carbocycles. The van der Waals surface area contributed by atoms with Crippen LogP contribution in [0.1, 0.15) is 46.5 Å². The Labute approximate surface area is 108 Å². The van der Waals surface area contributed by atoms with Crippen LogP contribution in [0.25, 0.3) is 0 Å². The number of nitrogens with zero attached hydrogens (tertiary/aromatic N) is 1. The van der Waals surface area contributed by atoms with Gasteiger partial charge in [0.1, 0.15) is 5.60 Å². The van der Waals surface area contributed by atoms with Gasteiger partial charge in [0, 0.05) is 6.04 Å². The van der Waals surface area contributed by atoms with Crippen LogP contribution in [-0.2, 0) is 4.74 Å². The average molecular weight is 256 g/mol. The number of carbonyl (C=O) groups is 1. The number of hydrogen-bond donors (Lipinski definition) is 3. The second-order valence-electron chi connectivity index (χ2n) is 5.71.